The summed E-state index contributed by atoms with van der Waals surface area (Å²) in [5, 5.41) is 3.26. The number of rotatable bonds is 2. The van der Waals surface area contributed by atoms with E-state index in [1.807, 2.05) is 6.92 Å². The van der Waals surface area contributed by atoms with Crippen molar-refractivity contribution in [3.8, 4) is 11.8 Å². The van der Waals surface area contributed by atoms with Crippen LogP contribution in [-0.2, 0) is 4.79 Å². The molecule has 0 radical (unpaired) electrons. The molecule has 1 heterocycles. The Hall–Kier alpha value is -1.99. The van der Waals surface area contributed by atoms with Gasteiger partial charge in [0, 0.05) is 10.6 Å². The quantitative estimate of drug-likeness (QED) is 0.664. The molecule has 1 saturated heterocycles. The summed E-state index contributed by atoms with van der Waals surface area (Å²) in [6, 6.07) is 6.28. The predicted molar refractivity (Wildman–Crippen MR) is 72.7 cm³/mol. The van der Waals surface area contributed by atoms with Gasteiger partial charge in [-0.05, 0) is 30.7 Å². The molecule has 4 nitrogen and oxygen atoms in total. The molecule has 1 aromatic rings. The van der Waals surface area contributed by atoms with Crippen molar-refractivity contribution in [1.29, 1.82) is 0 Å². The number of halogens is 1. The summed E-state index contributed by atoms with van der Waals surface area (Å²) in [6.45, 7) is 1.95. The van der Waals surface area contributed by atoms with E-state index >= 15 is 0 Å². The maximum absolute atomic E-state index is 11.8. The Morgan fingerprint density at radius 1 is 1.32 bits per heavy atom. The number of imide groups is 1. The molecule has 1 fully saturated rings. The average Bonchev–Trinajstić information content (AvgIpc) is 2.68. The number of carbonyl (C=O) groups is 2. The maximum Gasteiger partial charge on any atom is 0.325 e. The fraction of sp³-hybridized carbons (Fsp3) is 0.286. The lowest BCUT2D eigenvalue weighted by molar-refractivity contribution is -0.127. The molecule has 1 N–H and O–H groups in total. The zero-order chi connectivity index (χ0) is 13.8. The third-order valence-electron chi connectivity index (χ3n) is 2.83. The fourth-order valence-corrected chi connectivity index (χ4v) is 1.88. The summed E-state index contributed by atoms with van der Waals surface area (Å²) in [7, 11) is 0. The van der Waals surface area contributed by atoms with E-state index in [0.717, 1.165) is 10.5 Å². The molecule has 5 heteroatoms. The van der Waals surface area contributed by atoms with Crippen LogP contribution in [0.1, 0.15) is 18.9 Å². The second-order valence-corrected chi connectivity index (χ2v) is 4.58. The summed E-state index contributed by atoms with van der Waals surface area (Å²) >= 11 is 5.77. The molecule has 1 aromatic carbocycles. The largest absolute Gasteiger partial charge is 0.326 e. The molecule has 3 amide bonds. The van der Waals surface area contributed by atoms with Gasteiger partial charge >= 0.3 is 6.03 Å². The van der Waals surface area contributed by atoms with E-state index in [2.05, 4.69) is 17.2 Å². The van der Waals surface area contributed by atoms with Crippen LogP contribution < -0.4 is 5.32 Å². The maximum atomic E-state index is 11.8. The number of amides is 3. The number of carbonyl (C=O) groups excluding carboxylic acids is 2. The van der Waals surface area contributed by atoms with Gasteiger partial charge < -0.3 is 5.32 Å². The van der Waals surface area contributed by atoms with E-state index < -0.39 is 6.04 Å². The molecule has 1 atom stereocenters. The van der Waals surface area contributed by atoms with Gasteiger partial charge in [0.1, 0.15) is 6.04 Å². The molecule has 0 aliphatic carbocycles. The smallest absolute Gasteiger partial charge is 0.325 e. The zero-order valence-corrected chi connectivity index (χ0v) is 11.2. The highest BCUT2D eigenvalue weighted by molar-refractivity contribution is 6.30. The second-order valence-electron chi connectivity index (χ2n) is 4.14. The van der Waals surface area contributed by atoms with E-state index in [4.69, 9.17) is 11.6 Å². The Morgan fingerprint density at radius 3 is 2.58 bits per heavy atom. The Bertz CT molecular complexity index is 557. The molecule has 1 aliphatic rings. The lowest BCUT2D eigenvalue weighted by atomic mass is 10.2. The topological polar surface area (TPSA) is 49.4 Å². The van der Waals surface area contributed by atoms with Crippen molar-refractivity contribution in [2.24, 2.45) is 0 Å². The molecule has 0 bridgehead atoms. The monoisotopic (exact) mass is 276 g/mol. The van der Waals surface area contributed by atoms with Crippen molar-refractivity contribution in [3.63, 3.8) is 0 Å². The third kappa shape index (κ3) is 3.07. The minimum Gasteiger partial charge on any atom is -0.326 e. The van der Waals surface area contributed by atoms with Gasteiger partial charge in [-0.1, -0.05) is 30.4 Å². The molecule has 19 heavy (non-hydrogen) atoms. The number of benzene rings is 1. The number of hydrogen-bond donors (Lipinski definition) is 1. The molecule has 0 saturated carbocycles. The summed E-state index contributed by atoms with van der Waals surface area (Å²) in [6.07, 6.45) is 0.589. The zero-order valence-electron chi connectivity index (χ0n) is 10.4. The van der Waals surface area contributed by atoms with Gasteiger partial charge in [-0.25, -0.2) is 4.79 Å². The van der Waals surface area contributed by atoms with Crippen molar-refractivity contribution in [1.82, 2.24) is 10.2 Å². The Morgan fingerprint density at radius 2 is 2.00 bits per heavy atom. The summed E-state index contributed by atoms with van der Waals surface area (Å²) < 4.78 is 0. The standard InChI is InChI=1S/C14H13ClN2O2/c1-2-12-13(18)17(14(19)16-12)9-3-4-10-5-7-11(15)8-6-10/h5-8,12H,2,9H2,1H3,(H,16,19)/t12-/m0/s1. The normalized spacial score (nSPS) is 18.0. The van der Waals surface area contributed by atoms with Gasteiger partial charge in [0.15, 0.2) is 0 Å². The number of hydrogen-bond acceptors (Lipinski definition) is 2. The van der Waals surface area contributed by atoms with Gasteiger partial charge in [0.2, 0.25) is 0 Å². The van der Waals surface area contributed by atoms with E-state index in [9.17, 15) is 9.59 Å². The molecule has 0 aromatic heterocycles. The minimum atomic E-state index is -0.412. The van der Waals surface area contributed by atoms with Crippen LogP contribution in [0.2, 0.25) is 5.02 Å². The minimum absolute atomic E-state index is 0.101. The van der Waals surface area contributed by atoms with Crippen LogP contribution >= 0.6 is 11.6 Å². The molecule has 98 valence electrons. The van der Waals surface area contributed by atoms with E-state index in [1.54, 1.807) is 24.3 Å². The average molecular weight is 277 g/mol. The molecule has 2 rings (SSSR count). The number of nitrogens with zero attached hydrogens (tertiary/aromatic N) is 1. The van der Waals surface area contributed by atoms with Crippen LogP contribution in [0, 0.1) is 11.8 Å². The van der Waals surface area contributed by atoms with Gasteiger partial charge in [0.05, 0.1) is 6.54 Å². The first-order valence-corrected chi connectivity index (χ1v) is 6.36. The molecule has 1 aliphatic heterocycles. The highest BCUT2D eigenvalue weighted by atomic mass is 35.5. The van der Waals surface area contributed by atoms with Crippen molar-refractivity contribution in [2.75, 3.05) is 6.54 Å². The highest BCUT2D eigenvalue weighted by Crippen LogP contribution is 2.09. The van der Waals surface area contributed by atoms with Gasteiger partial charge in [-0.3, -0.25) is 9.69 Å². The summed E-state index contributed by atoms with van der Waals surface area (Å²) in [5.41, 5.74) is 0.795. The van der Waals surface area contributed by atoms with Crippen LogP contribution in [0.3, 0.4) is 0 Å². The Kier molecular flexibility index (Phi) is 4.08. The lowest BCUT2D eigenvalue weighted by Gasteiger charge is -2.07. The number of urea groups is 1. The number of nitrogens with one attached hydrogen (secondary N) is 1. The molecular formula is C14H13ClN2O2. The molecule has 0 spiro atoms. The molecule has 0 unspecified atom stereocenters. The fourth-order valence-electron chi connectivity index (χ4n) is 1.76. The Balaban J connectivity index is 2.01. The highest BCUT2D eigenvalue weighted by Gasteiger charge is 2.35. The van der Waals surface area contributed by atoms with Crippen molar-refractivity contribution in [3.05, 3.63) is 34.9 Å². The van der Waals surface area contributed by atoms with Crippen molar-refractivity contribution >= 4 is 23.5 Å². The van der Waals surface area contributed by atoms with E-state index in [0.29, 0.717) is 11.4 Å². The predicted octanol–water partition coefficient (Wildman–Crippen LogP) is 2.02. The third-order valence-corrected chi connectivity index (χ3v) is 3.08. The van der Waals surface area contributed by atoms with E-state index in [1.165, 1.54) is 0 Å². The van der Waals surface area contributed by atoms with Crippen molar-refractivity contribution < 1.29 is 9.59 Å². The van der Waals surface area contributed by atoms with Crippen LogP contribution in [0.5, 0.6) is 0 Å². The first-order chi connectivity index (χ1) is 9.11. The van der Waals surface area contributed by atoms with Crippen LogP contribution in [-0.4, -0.2) is 29.4 Å². The van der Waals surface area contributed by atoms with Crippen LogP contribution in [0.25, 0.3) is 0 Å². The first-order valence-electron chi connectivity index (χ1n) is 5.98. The van der Waals surface area contributed by atoms with Crippen LogP contribution in [0.4, 0.5) is 4.79 Å². The summed E-state index contributed by atoms with van der Waals surface area (Å²) in [5.74, 6) is 5.50. The Labute approximate surface area is 116 Å². The van der Waals surface area contributed by atoms with Gasteiger partial charge in [-0.2, -0.15) is 0 Å². The van der Waals surface area contributed by atoms with E-state index in [-0.39, 0.29) is 18.5 Å². The van der Waals surface area contributed by atoms with Gasteiger partial charge in [-0.15, -0.1) is 0 Å². The van der Waals surface area contributed by atoms with Crippen LogP contribution in [0.15, 0.2) is 24.3 Å². The lowest BCUT2D eigenvalue weighted by Crippen LogP contribution is -2.31. The second kappa shape index (κ2) is 5.77. The molecular weight excluding hydrogens is 264 g/mol. The van der Waals surface area contributed by atoms with Crippen molar-refractivity contribution in [2.45, 2.75) is 19.4 Å². The summed E-state index contributed by atoms with van der Waals surface area (Å²) in [4.78, 5) is 24.5. The SMILES string of the molecule is CC[C@@H]1NC(=O)N(CC#Cc2ccc(Cl)cc2)C1=O. The first kappa shape index (κ1) is 13.4. The van der Waals surface area contributed by atoms with Gasteiger partial charge in [0.25, 0.3) is 5.91 Å².